The van der Waals surface area contributed by atoms with E-state index in [0.29, 0.717) is 5.02 Å². The molecule has 2 aliphatic heterocycles. The minimum Gasteiger partial charge on any atom is -0.370 e. The number of carbonyl (C=O) groups excluding carboxylic acids is 4. The standard InChI is InChI=1S/C29H31ClN6O4/c1-18-27-35(26(38)17-33(2)36(27)29(40)32-15-19-10-12-22(30)13-11-19)24(14-25(31)37)28(39)34(18)16-21-8-5-7-20-6-3-4-9-23(20)21/h3-13,18,24,27H,14-17H2,1-2H3,(H2,31,37)(H,32,40)/t18-,24-,27-/m0/s1. The number of fused-ring (bicyclic) bond motifs is 2. The van der Waals surface area contributed by atoms with Crippen LogP contribution in [0.25, 0.3) is 10.8 Å². The Balaban J connectivity index is 1.49. The Hall–Kier alpha value is -4.15. The van der Waals surface area contributed by atoms with Crippen LogP contribution in [0.5, 0.6) is 0 Å². The topological polar surface area (TPSA) is 119 Å². The van der Waals surface area contributed by atoms with E-state index in [0.717, 1.165) is 21.9 Å². The van der Waals surface area contributed by atoms with Gasteiger partial charge in [-0.15, -0.1) is 0 Å². The highest BCUT2D eigenvalue weighted by Crippen LogP contribution is 2.33. The summed E-state index contributed by atoms with van der Waals surface area (Å²) in [5.41, 5.74) is 7.31. The van der Waals surface area contributed by atoms with Crippen molar-refractivity contribution in [1.82, 2.24) is 25.1 Å². The summed E-state index contributed by atoms with van der Waals surface area (Å²) in [4.78, 5) is 55.9. The first-order valence-corrected chi connectivity index (χ1v) is 13.4. The lowest BCUT2D eigenvalue weighted by Crippen LogP contribution is -2.78. The maximum absolute atomic E-state index is 13.9. The lowest BCUT2D eigenvalue weighted by atomic mass is 9.96. The van der Waals surface area contributed by atoms with Crippen LogP contribution in [0.1, 0.15) is 24.5 Å². The molecule has 11 heteroatoms. The van der Waals surface area contributed by atoms with Crippen molar-refractivity contribution in [2.45, 2.75) is 44.7 Å². The van der Waals surface area contributed by atoms with Gasteiger partial charge in [0.25, 0.3) is 0 Å². The molecule has 0 aliphatic carbocycles. The third-order valence-corrected chi connectivity index (χ3v) is 7.81. The van der Waals surface area contributed by atoms with Crippen molar-refractivity contribution in [2.24, 2.45) is 5.73 Å². The monoisotopic (exact) mass is 562 g/mol. The number of urea groups is 1. The minimum atomic E-state index is -1.12. The quantitative estimate of drug-likeness (QED) is 0.479. The number of carbonyl (C=O) groups is 4. The zero-order chi connectivity index (χ0) is 28.6. The molecular formula is C29H31ClN6O4. The van der Waals surface area contributed by atoms with Crippen molar-refractivity contribution in [2.75, 3.05) is 13.6 Å². The van der Waals surface area contributed by atoms with Gasteiger partial charge in [-0.3, -0.25) is 14.4 Å². The Morgan fingerprint density at radius 1 is 1.02 bits per heavy atom. The average Bonchev–Trinajstić information content (AvgIpc) is 2.92. The van der Waals surface area contributed by atoms with Crippen molar-refractivity contribution in [1.29, 1.82) is 0 Å². The van der Waals surface area contributed by atoms with Gasteiger partial charge in [0, 0.05) is 25.2 Å². The van der Waals surface area contributed by atoms with Gasteiger partial charge in [0.1, 0.15) is 12.2 Å². The van der Waals surface area contributed by atoms with Crippen molar-refractivity contribution in [3.63, 3.8) is 0 Å². The van der Waals surface area contributed by atoms with Crippen LogP contribution in [-0.4, -0.2) is 75.4 Å². The van der Waals surface area contributed by atoms with Crippen LogP contribution in [0.3, 0.4) is 0 Å². The first kappa shape index (κ1) is 27.4. The maximum Gasteiger partial charge on any atom is 0.334 e. The van der Waals surface area contributed by atoms with Crippen molar-refractivity contribution < 1.29 is 19.2 Å². The fourth-order valence-electron chi connectivity index (χ4n) is 5.64. The molecule has 3 aromatic rings. The highest BCUT2D eigenvalue weighted by atomic mass is 35.5. The third kappa shape index (κ3) is 5.20. The largest absolute Gasteiger partial charge is 0.370 e. The Bertz CT molecular complexity index is 1460. The van der Waals surface area contributed by atoms with E-state index in [9.17, 15) is 19.2 Å². The van der Waals surface area contributed by atoms with Gasteiger partial charge in [0.2, 0.25) is 17.7 Å². The first-order valence-electron chi connectivity index (χ1n) is 13.0. The van der Waals surface area contributed by atoms with Crippen molar-refractivity contribution in [3.05, 3.63) is 82.9 Å². The van der Waals surface area contributed by atoms with Crippen LogP contribution in [-0.2, 0) is 27.5 Å². The van der Waals surface area contributed by atoms with Crippen molar-refractivity contribution in [3.8, 4) is 0 Å². The molecule has 0 bridgehead atoms. The zero-order valence-corrected chi connectivity index (χ0v) is 23.0. The van der Waals surface area contributed by atoms with Crippen LogP contribution in [0.15, 0.2) is 66.7 Å². The summed E-state index contributed by atoms with van der Waals surface area (Å²) >= 11 is 5.98. The van der Waals surface area contributed by atoms with E-state index in [2.05, 4.69) is 5.32 Å². The predicted octanol–water partition coefficient (Wildman–Crippen LogP) is 2.69. The van der Waals surface area contributed by atoms with E-state index in [-0.39, 0.29) is 37.9 Å². The van der Waals surface area contributed by atoms with E-state index < -0.39 is 30.2 Å². The summed E-state index contributed by atoms with van der Waals surface area (Å²) in [5.74, 6) is -1.44. The number of nitrogens with two attached hydrogens (primary N) is 1. The molecule has 10 nitrogen and oxygen atoms in total. The molecule has 5 amide bonds. The molecule has 0 spiro atoms. The van der Waals surface area contributed by atoms with Gasteiger partial charge in [-0.05, 0) is 41.0 Å². The molecule has 40 heavy (non-hydrogen) atoms. The fourth-order valence-corrected chi connectivity index (χ4v) is 5.76. The fraction of sp³-hybridized carbons (Fsp3) is 0.310. The number of primary amides is 1. The molecule has 2 saturated heterocycles. The van der Waals surface area contributed by atoms with Gasteiger partial charge in [-0.25, -0.2) is 14.8 Å². The molecule has 2 fully saturated rings. The highest BCUT2D eigenvalue weighted by molar-refractivity contribution is 6.30. The highest BCUT2D eigenvalue weighted by Gasteiger charge is 2.54. The third-order valence-electron chi connectivity index (χ3n) is 7.56. The molecule has 0 aromatic heterocycles. The summed E-state index contributed by atoms with van der Waals surface area (Å²) < 4.78 is 0. The minimum absolute atomic E-state index is 0.135. The Kier molecular flexibility index (Phi) is 7.64. The van der Waals surface area contributed by atoms with E-state index in [1.54, 1.807) is 29.1 Å². The lowest BCUT2D eigenvalue weighted by molar-refractivity contribution is -0.196. The second kappa shape index (κ2) is 11.1. The molecule has 208 valence electrons. The number of amides is 5. The number of halogens is 1. The molecule has 2 aliphatic rings. The predicted molar refractivity (Wildman–Crippen MR) is 150 cm³/mol. The van der Waals surface area contributed by atoms with Crippen molar-refractivity contribution >= 4 is 46.1 Å². The van der Waals surface area contributed by atoms with E-state index in [1.807, 2.05) is 61.5 Å². The second-order valence-electron chi connectivity index (χ2n) is 10.2. The van der Waals surface area contributed by atoms with Gasteiger partial charge in [0.15, 0.2) is 0 Å². The van der Waals surface area contributed by atoms with Crippen LogP contribution in [0, 0.1) is 0 Å². The van der Waals surface area contributed by atoms with Crippen LogP contribution >= 0.6 is 11.6 Å². The van der Waals surface area contributed by atoms with Gasteiger partial charge in [-0.1, -0.05) is 66.2 Å². The van der Waals surface area contributed by atoms with Crippen LogP contribution in [0.2, 0.25) is 5.02 Å². The smallest absolute Gasteiger partial charge is 0.334 e. The van der Waals surface area contributed by atoms with Gasteiger partial charge >= 0.3 is 6.03 Å². The zero-order valence-electron chi connectivity index (χ0n) is 22.3. The second-order valence-corrected chi connectivity index (χ2v) is 10.6. The molecule has 0 radical (unpaired) electrons. The molecule has 0 unspecified atom stereocenters. The number of nitrogens with one attached hydrogen (secondary N) is 1. The summed E-state index contributed by atoms with van der Waals surface area (Å²) in [7, 11) is 1.65. The Morgan fingerprint density at radius 3 is 2.45 bits per heavy atom. The summed E-state index contributed by atoms with van der Waals surface area (Å²) in [6.07, 6.45) is -1.20. The number of hydrogen-bond acceptors (Lipinski definition) is 5. The number of rotatable bonds is 6. The summed E-state index contributed by atoms with van der Waals surface area (Å²) in [6, 6.07) is 18.7. The Labute approximate surface area is 237 Å². The SMILES string of the molecule is C[C@H]1[C@H]2N(C(=O)CN(C)N2C(=O)NCc2ccc(Cl)cc2)[C@@H](CC(N)=O)C(=O)N1Cc1cccc2ccccc12. The van der Waals surface area contributed by atoms with Crippen LogP contribution in [0.4, 0.5) is 4.79 Å². The first-order chi connectivity index (χ1) is 19.2. The molecular weight excluding hydrogens is 532 g/mol. The maximum atomic E-state index is 13.9. The van der Waals surface area contributed by atoms with Gasteiger partial charge < -0.3 is 20.9 Å². The molecule has 5 rings (SSSR count). The number of nitrogens with zero attached hydrogens (tertiary/aromatic N) is 4. The normalized spacial score (nSPS) is 21.5. The van der Waals surface area contributed by atoms with Crippen LogP contribution < -0.4 is 11.1 Å². The van der Waals surface area contributed by atoms with E-state index >= 15 is 0 Å². The lowest BCUT2D eigenvalue weighted by Gasteiger charge is -2.57. The average molecular weight is 563 g/mol. The molecule has 2 heterocycles. The van der Waals surface area contributed by atoms with E-state index in [1.165, 1.54) is 9.91 Å². The summed E-state index contributed by atoms with van der Waals surface area (Å²) in [6.45, 7) is 2.15. The number of likely N-dealkylation sites (N-methyl/N-ethyl adjacent to an activating group) is 1. The summed E-state index contributed by atoms with van der Waals surface area (Å²) in [5, 5.41) is 8.53. The molecule has 3 atom stereocenters. The number of piperazine rings is 1. The molecule has 3 N–H and O–H groups in total. The van der Waals surface area contributed by atoms with Gasteiger partial charge in [-0.2, -0.15) is 0 Å². The van der Waals surface area contributed by atoms with E-state index in [4.69, 9.17) is 17.3 Å². The number of hydrazine groups is 1. The Morgan fingerprint density at radius 2 is 1.73 bits per heavy atom. The molecule has 0 saturated carbocycles. The molecule has 3 aromatic carbocycles. The number of hydrogen-bond donors (Lipinski definition) is 2. The number of benzene rings is 3. The van der Waals surface area contributed by atoms with Gasteiger partial charge in [0.05, 0.1) is 19.0 Å².